The van der Waals surface area contributed by atoms with Crippen LogP contribution in [0.25, 0.3) is 0 Å². The number of benzene rings is 1. The van der Waals surface area contributed by atoms with Crippen LogP contribution in [0.3, 0.4) is 0 Å². The van der Waals surface area contributed by atoms with Crippen LogP contribution in [0.4, 0.5) is 4.39 Å². The first-order valence-corrected chi connectivity index (χ1v) is 5.24. The third-order valence-corrected chi connectivity index (χ3v) is 3.27. The van der Waals surface area contributed by atoms with Gasteiger partial charge in [-0.25, -0.2) is 4.39 Å². The van der Waals surface area contributed by atoms with Crippen molar-refractivity contribution in [2.75, 3.05) is 6.54 Å². The molecule has 1 aromatic rings. The predicted octanol–water partition coefficient (Wildman–Crippen LogP) is 2.51. The first-order valence-electron chi connectivity index (χ1n) is 5.24. The molecular weight excluding hydrogens is 177 g/mol. The summed E-state index contributed by atoms with van der Waals surface area (Å²) in [6.45, 7) is 3.23. The summed E-state index contributed by atoms with van der Waals surface area (Å²) in [6.07, 6.45) is 3.05. The molecule has 76 valence electrons. The summed E-state index contributed by atoms with van der Waals surface area (Å²) in [5.74, 6) is -0.0750. The van der Waals surface area contributed by atoms with Crippen LogP contribution in [0.2, 0.25) is 0 Å². The molecule has 1 fully saturated rings. The maximum absolute atomic E-state index is 13.4. The Morgan fingerprint density at radius 2 is 2.14 bits per heavy atom. The molecule has 0 saturated carbocycles. The summed E-state index contributed by atoms with van der Waals surface area (Å²) in [5.41, 5.74) is 1.00. The molecule has 1 aliphatic rings. The van der Waals surface area contributed by atoms with E-state index in [0.29, 0.717) is 0 Å². The fourth-order valence-electron chi connectivity index (χ4n) is 2.06. The smallest absolute Gasteiger partial charge is 0.126 e. The standard InChI is InChI=1S/C12H16FN/c1-2-12(7-8-14-12)9-10-5-3-4-6-11(10)13/h3-6,14H,2,7-9H2,1H3. The Hall–Kier alpha value is -0.890. The third-order valence-electron chi connectivity index (χ3n) is 3.27. The maximum atomic E-state index is 13.4. The lowest BCUT2D eigenvalue weighted by Crippen LogP contribution is -2.58. The van der Waals surface area contributed by atoms with E-state index < -0.39 is 0 Å². The van der Waals surface area contributed by atoms with Crippen LogP contribution in [0.5, 0.6) is 0 Å². The lowest BCUT2D eigenvalue weighted by atomic mass is 9.79. The van der Waals surface area contributed by atoms with Crippen LogP contribution in [0, 0.1) is 5.82 Å². The predicted molar refractivity (Wildman–Crippen MR) is 55.7 cm³/mol. The summed E-state index contributed by atoms with van der Waals surface area (Å²) < 4.78 is 13.4. The van der Waals surface area contributed by atoms with Crippen molar-refractivity contribution in [3.63, 3.8) is 0 Å². The fourth-order valence-corrected chi connectivity index (χ4v) is 2.06. The van der Waals surface area contributed by atoms with Gasteiger partial charge in [0.05, 0.1) is 0 Å². The van der Waals surface area contributed by atoms with Crippen LogP contribution < -0.4 is 5.32 Å². The summed E-state index contributed by atoms with van der Waals surface area (Å²) >= 11 is 0. The molecule has 1 saturated heterocycles. The van der Waals surface area contributed by atoms with Crippen molar-refractivity contribution in [2.24, 2.45) is 0 Å². The Labute approximate surface area is 84.3 Å². The minimum atomic E-state index is -0.0750. The van der Waals surface area contributed by atoms with Crippen molar-refractivity contribution < 1.29 is 4.39 Å². The molecule has 1 aromatic carbocycles. The van der Waals surface area contributed by atoms with Gasteiger partial charge in [-0.2, -0.15) is 0 Å². The topological polar surface area (TPSA) is 12.0 Å². The van der Waals surface area contributed by atoms with E-state index in [2.05, 4.69) is 12.2 Å². The van der Waals surface area contributed by atoms with Crippen LogP contribution in [-0.2, 0) is 6.42 Å². The van der Waals surface area contributed by atoms with Gasteiger partial charge in [-0.3, -0.25) is 0 Å². The molecule has 1 atom stereocenters. The van der Waals surface area contributed by atoms with Crippen molar-refractivity contribution in [1.29, 1.82) is 0 Å². The van der Waals surface area contributed by atoms with Crippen molar-refractivity contribution in [3.8, 4) is 0 Å². The summed E-state index contributed by atoms with van der Waals surface area (Å²) in [4.78, 5) is 0. The molecule has 2 rings (SSSR count). The molecule has 1 unspecified atom stereocenters. The van der Waals surface area contributed by atoms with Crippen molar-refractivity contribution in [1.82, 2.24) is 5.32 Å². The second-order valence-corrected chi connectivity index (χ2v) is 4.08. The second-order valence-electron chi connectivity index (χ2n) is 4.08. The van der Waals surface area contributed by atoms with E-state index in [9.17, 15) is 4.39 Å². The minimum absolute atomic E-state index is 0.0750. The van der Waals surface area contributed by atoms with E-state index in [4.69, 9.17) is 0 Å². The zero-order valence-electron chi connectivity index (χ0n) is 8.52. The number of hydrogen-bond acceptors (Lipinski definition) is 1. The summed E-state index contributed by atoms with van der Waals surface area (Å²) in [7, 11) is 0. The monoisotopic (exact) mass is 193 g/mol. The molecule has 0 amide bonds. The second kappa shape index (κ2) is 3.70. The number of hydrogen-bond donors (Lipinski definition) is 1. The number of rotatable bonds is 3. The average molecular weight is 193 g/mol. The van der Waals surface area contributed by atoms with E-state index in [1.165, 1.54) is 6.07 Å². The van der Waals surface area contributed by atoms with Gasteiger partial charge in [0.2, 0.25) is 0 Å². The van der Waals surface area contributed by atoms with Gasteiger partial charge in [0.1, 0.15) is 5.82 Å². The molecule has 1 N–H and O–H groups in total. The van der Waals surface area contributed by atoms with Gasteiger partial charge in [-0.1, -0.05) is 25.1 Å². The minimum Gasteiger partial charge on any atom is -0.311 e. The molecule has 14 heavy (non-hydrogen) atoms. The van der Waals surface area contributed by atoms with Crippen molar-refractivity contribution in [3.05, 3.63) is 35.6 Å². The third kappa shape index (κ3) is 1.67. The highest BCUT2D eigenvalue weighted by Crippen LogP contribution is 2.28. The molecule has 2 heteroatoms. The highest BCUT2D eigenvalue weighted by molar-refractivity contribution is 5.21. The Morgan fingerprint density at radius 1 is 1.43 bits per heavy atom. The quantitative estimate of drug-likeness (QED) is 0.777. The van der Waals surface area contributed by atoms with E-state index in [1.54, 1.807) is 6.07 Å². The van der Waals surface area contributed by atoms with Gasteiger partial charge < -0.3 is 5.32 Å². The zero-order chi connectivity index (χ0) is 10.0. The molecule has 1 heterocycles. The van der Waals surface area contributed by atoms with Crippen LogP contribution in [0.1, 0.15) is 25.3 Å². The first kappa shape index (κ1) is 9.66. The molecule has 1 nitrogen and oxygen atoms in total. The van der Waals surface area contributed by atoms with Crippen LogP contribution in [-0.4, -0.2) is 12.1 Å². The lowest BCUT2D eigenvalue weighted by molar-refractivity contribution is 0.196. The Balaban J connectivity index is 2.13. The largest absolute Gasteiger partial charge is 0.311 e. The van der Waals surface area contributed by atoms with Gasteiger partial charge in [0.15, 0.2) is 0 Å². The molecular formula is C12H16FN. The fraction of sp³-hybridized carbons (Fsp3) is 0.500. The highest BCUT2D eigenvalue weighted by Gasteiger charge is 2.34. The van der Waals surface area contributed by atoms with Gasteiger partial charge in [0, 0.05) is 5.54 Å². The molecule has 0 bridgehead atoms. The Morgan fingerprint density at radius 3 is 2.64 bits per heavy atom. The Bertz CT molecular complexity index is 312. The van der Waals surface area contributed by atoms with E-state index in [-0.39, 0.29) is 11.4 Å². The summed E-state index contributed by atoms with van der Waals surface area (Å²) in [6, 6.07) is 7.07. The zero-order valence-corrected chi connectivity index (χ0v) is 8.52. The van der Waals surface area contributed by atoms with E-state index >= 15 is 0 Å². The van der Waals surface area contributed by atoms with E-state index in [0.717, 1.165) is 31.4 Å². The van der Waals surface area contributed by atoms with Crippen LogP contribution in [0.15, 0.2) is 24.3 Å². The summed E-state index contributed by atoms with van der Waals surface area (Å²) in [5, 5.41) is 3.42. The highest BCUT2D eigenvalue weighted by atomic mass is 19.1. The number of nitrogens with one attached hydrogen (secondary N) is 1. The maximum Gasteiger partial charge on any atom is 0.126 e. The first-order chi connectivity index (χ1) is 6.76. The van der Waals surface area contributed by atoms with E-state index in [1.807, 2.05) is 12.1 Å². The molecule has 0 aromatic heterocycles. The average Bonchev–Trinajstić information content (AvgIpc) is 2.14. The SMILES string of the molecule is CCC1(Cc2ccccc2F)CCN1. The van der Waals surface area contributed by atoms with Crippen molar-refractivity contribution >= 4 is 0 Å². The van der Waals surface area contributed by atoms with Crippen molar-refractivity contribution in [2.45, 2.75) is 31.7 Å². The van der Waals surface area contributed by atoms with Gasteiger partial charge in [-0.05, 0) is 37.4 Å². The normalized spacial score (nSPS) is 25.9. The molecule has 0 spiro atoms. The molecule has 0 radical (unpaired) electrons. The lowest BCUT2D eigenvalue weighted by Gasteiger charge is -2.43. The number of halogens is 1. The van der Waals surface area contributed by atoms with Gasteiger partial charge >= 0.3 is 0 Å². The van der Waals surface area contributed by atoms with Gasteiger partial charge in [-0.15, -0.1) is 0 Å². The Kier molecular flexibility index (Phi) is 2.55. The molecule has 0 aliphatic carbocycles. The van der Waals surface area contributed by atoms with Gasteiger partial charge in [0.25, 0.3) is 0 Å². The van der Waals surface area contributed by atoms with Crippen LogP contribution >= 0.6 is 0 Å². The molecule has 1 aliphatic heterocycles.